The van der Waals surface area contributed by atoms with Crippen molar-refractivity contribution in [1.29, 1.82) is 0 Å². The lowest BCUT2D eigenvalue weighted by molar-refractivity contribution is 0.0414. The Morgan fingerprint density at radius 3 is 2.33 bits per heavy atom. The highest BCUT2D eigenvalue weighted by Gasteiger charge is 2.32. The third kappa shape index (κ3) is 6.50. The second-order valence-corrected chi connectivity index (χ2v) is 11.5. The first kappa shape index (κ1) is 29.1. The molecule has 43 heavy (non-hydrogen) atoms. The van der Waals surface area contributed by atoms with Crippen LogP contribution in [0.2, 0.25) is 0 Å². The smallest absolute Gasteiger partial charge is 0.254 e. The number of rotatable bonds is 6. The van der Waals surface area contributed by atoms with E-state index in [9.17, 15) is 18.4 Å². The first-order valence-corrected chi connectivity index (χ1v) is 15.0. The van der Waals surface area contributed by atoms with Crippen molar-refractivity contribution >= 4 is 17.5 Å². The van der Waals surface area contributed by atoms with Gasteiger partial charge < -0.3 is 30.1 Å². The summed E-state index contributed by atoms with van der Waals surface area (Å²) >= 11 is 0. The molecule has 0 radical (unpaired) electrons. The highest BCUT2D eigenvalue weighted by atomic mass is 19.1. The summed E-state index contributed by atoms with van der Waals surface area (Å²) in [4.78, 5) is 32.8. The number of benzene rings is 3. The van der Waals surface area contributed by atoms with Gasteiger partial charge in [0.2, 0.25) is 0 Å². The van der Waals surface area contributed by atoms with E-state index in [-0.39, 0.29) is 29.8 Å². The van der Waals surface area contributed by atoms with Crippen LogP contribution in [0.1, 0.15) is 34.1 Å². The Bertz CT molecular complexity index is 1470. The van der Waals surface area contributed by atoms with Gasteiger partial charge in [-0.1, -0.05) is 12.1 Å². The molecule has 0 bridgehead atoms. The number of carbonyl (C=O) groups is 2. The zero-order valence-corrected chi connectivity index (χ0v) is 24.3. The summed E-state index contributed by atoms with van der Waals surface area (Å²) in [5, 5.41) is 6.58. The third-order valence-electron chi connectivity index (χ3n) is 8.48. The average molecular weight is 590 g/mol. The Balaban J connectivity index is 1.18. The number of piperazine rings is 2. The Kier molecular flexibility index (Phi) is 8.58. The molecular formula is C33H37F2N5O3. The maximum atomic E-state index is 14.6. The minimum absolute atomic E-state index is 0.0254. The van der Waals surface area contributed by atoms with Crippen molar-refractivity contribution in [3.8, 4) is 16.9 Å². The van der Waals surface area contributed by atoms with Crippen LogP contribution in [0.25, 0.3) is 11.1 Å². The van der Waals surface area contributed by atoms with Crippen LogP contribution in [0.5, 0.6) is 5.75 Å². The molecule has 0 unspecified atom stereocenters. The van der Waals surface area contributed by atoms with E-state index >= 15 is 0 Å². The van der Waals surface area contributed by atoms with Crippen molar-refractivity contribution in [1.82, 2.24) is 20.4 Å². The number of nitrogens with one attached hydrogen (secondary N) is 2. The summed E-state index contributed by atoms with van der Waals surface area (Å²) in [5.74, 6) is -0.511. The van der Waals surface area contributed by atoms with E-state index in [0.29, 0.717) is 42.2 Å². The molecule has 0 aliphatic carbocycles. The van der Waals surface area contributed by atoms with Crippen molar-refractivity contribution in [3.05, 3.63) is 83.4 Å². The number of halogens is 2. The van der Waals surface area contributed by atoms with Crippen LogP contribution in [-0.4, -0.2) is 92.7 Å². The van der Waals surface area contributed by atoms with E-state index in [0.717, 1.165) is 56.8 Å². The Labute approximate surface area is 250 Å². The van der Waals surface area contributed by atoms with Crippen LogP contribution in [-0.2, 0) is 0 Å². The molecule has 3 fully saturated rings. The predicted octanol–water partition coefficient (Wildman–Crippen LogP) is 3.77. The van der Waals surface area contributed by atoms with Crippen LogP contribution in [0.3, 0.4) is 0 Å². The fourth-order valence-electron chi connectivity index (χ4n) is 6.12. The standard InChI is InChI=1S/C33H37F2N5O3/c1-22-21-39(32(41)25-16-27(35)19-28(17-25)38-12-10-36-11-13-38)14-15-40(22)33(42)24-4-7-31(43-29-8-9-37-20-29)30(18-24)23-2-5-26(34)6-3-23/h2-7,16-19,22,29,36-37H,8-15,20-21H2,1H3/t22-,29-/m0/s1. The number of carbonyl (C=O) groups excluding carboxylic acids is 2. The zero-order chi connectivity index (χ0) is 29.9. The average Bonchev–Trinajstić information content (AvgIpc) is 3.54. The summed E-state index contributed by atoms with van der Waals surface area (Å²) in [5.41, 5.74) is 3.01. The van der Waals surface area contributed by atoms with Gasteiger partial charge in [-0.25, -0.2) is 8.78 Å². The van der Waals surface area contributed by atoms with Crippen LogP contribution >= 0.6 is 0 Å². The van der Waals surface area contributed by atoms with Gasteiger partial charge in [0.1, 0.15) is 23.5 Å². The molecular weight excluding hydrogens is 552 g/mol. The van der Waals surface area contributed by atoms with E-state index in [1.807, 2.05) is 19.1 Å². The molecule has 2 amide bonds. The van der Waals surface area contributed by atoms with E-state index < -0.39 is 5.82 Å². The fourth-order valence-corrected chi connectivity index (χ4v) is 6.12. The van der Waals surface area contributed by atoms with Crippen LogP contribution in [0, 0.1) is 11.6 Å². The summed E-state index contributed by atoms with van der Waals surface area (Å²) < 4.78 is 34.5. The Morgan fingerprint density at radius 1 is 0.814 bits per heavy atom. The molecule has 0 aromatic heterocycles. The van der Waals surface area contributed by atoms with Crippen molar-refractivity contribution in [2.45, 2.75) is 25.5 Å². The topological polar surface area (TPSA) is 77.2 Å². The van der Waals surface area contributed by atoms with Crippen molar-refractivity contribution < 1.29 is 23.1 Å². The number of ether oxygens (including phenoxy) is 1. The maximum Gasteiger partial charge on any atom is 0.254 e. The monoisotopic (exact) mass is 589 g/mol. The SMILES string of the molecule is C[C@H]1CN(C(=O)c2cc(F)cc(N3CCNCC3)c2)CCN1C(=O)c1ccc(O[C@H]2CCNC2)c(-c2ccc(F)cc2)c1. The third-order valence-corrected chi connectivity index (χ3v) is 8.48. The lowest BCUT2D eigenvalue weighted by atomic mass is 10.00. The zero-order valence-electron chi connectivity index (χ0n) is 24.3. The van der Waals surface area contributed by atoms with Gasteiger partial charge in [0.15, 0.2) is 0 Å². The van der Waals surface area contributed by atoms with E-state index in [2.05, 4.69) is 15.5 Å². The first-order chi connectivity index (χ1) is 20.9. The molecule has 0 saturated carbocycles. The Hall–Kier alpha value is -4.02. The second kappa shape index (κ2) is 12.7. The molecule has 8 nitrogen and oxygen atoms in total. The van der Waals surface area contributed by atoms with Crippen molar-refractivity contribution in [2.75, 3.05) is 63.8 Å². The summed E-state index contributed by atoms with van der Waals surface area (Å²) in [7, 11) is 0. The maximum absolute atomic E-state index is 14.6. The molecule has 3 aliphatic rings. The molecule has 226 valence electrons. The number of hydrogen-bond donors (Lipinski definition) is 2. The summed E-state index contributed by atoms with van der Waals surface area (Å²) in [6, 6.07) is 15.8. The van der Waals surface area contributed by atoms with Gasteiger partial charge in [0.25, 0.3) is 11.8 Å². The summed E-state index contributed by atoms with van der Waals surface area (Å²) in [6.07, 6.45) is 0.911. The Morgan fingerprint density at radius 2 is 1.60 bits per heavy atom. The van der Waals surface area contributed by atoms with Gasteiger partial charge in [0.05, 0.1) is 0 Å². The van der Waals surface area contributed by atoms with Crippen molar-refractivity contribution in [3.63, 3.8) is 0 Å². The number of nitrogens with zero attached hydrogens (tertiary/aromatic N) is 3. The van der Waals surface area contributed by atoms with Crippen LogP contribution < -0.4 is 20.3 Å². The van der Waals surface area contributed by atoms with Crippen molar-refractivity contribution in [2.24, 2.45) is 0 Å². The molecule has 3 aliphatic heterocycles. The second-order valence-electron chi connectivity index (χ2n) is 11.5. The first-order valence-electron chi connectivity index (χ1n) is 15.0. The molecule has 2 N–H and O–H groups in total. The highest BCUT2D eigenvalue weighted by molar-refractivity contribution is 5.98. The summed E-state index contributed by atoms with van der Waals surface area (Å²) in [6.45, 7) is 7.71. The molecule has 3 heterocycles. The fraction of sp³-hybridized carbons (Fsp3) is 0.394. The molecule has 2 atom stereocenters. The van der Waals surface area contributed by atoms with Crippen LogP contribution in [0.15, 0.2) is 60.7 Å². The normalized spacial score (nSPS) is 20.8. The van der Waals surface area contributed by atoms with E-state index in [1.165, 1.54) is 24.3 Å². The molecule has 3 aromatic carbocycles. The van der Waals surface area contributed by atoms with Gasteiger partial charge in [0, 0.05) is 80.8 Å². The minimum Gasteiger partial charge on any atom is -0.488 e. The lowest BCUT2D eigenvalue weighted by Gasteiger charge is -2.40. The number of amides is 2. The molecule has 6 rings (SSSR count). The van der Waals surface area contributed by atoms with Crippen LogP contribution in [0.4, 0.5) is 14.5 Å². The quantitative estimate of drug-likeness (QED) is 0.456. The minimum atomic E-state index is -0.435. The van der Waals surface area contributed by atoms with Gasteiger partial charge in [-0.3, -0.25) is 9.59 Å². The van der Waals surface area contributed by atoms with Gasteiger partial charge in [-0.15, -0.1) is 0 Å². The molecule has 3 saturated heterocycles. The molecule has 10 heteroatoms. The largest absolute Gasteiger partial charge is 0.488 e. The molecule has 0 spiro atoms. The van der Waals surface area contributed by atoms with E-state index in [1.54, 1.807) is 34.1 Å². The lowest BCUT2D eigenvalue weighted by Crippen LogP contribution is -2.55. The van der Waals surface area contributed by atoms with Gasteiger partial charge in [-0.2, -0.15) is 0 Å². The predicted molar refractivity (Wildman–Crippen MR) is 162 cm³/mol. The van der Waals surface area contributed by atoms with Gasteiger partial charge >= 0.3 is 0 Å². The van der Waals surface area contributed by atoms with Gasteiger partial charge in [-0.05, 0) is 74.0 Å². The number of anilines is 1. The highest BCUT2D eigenvalue weighted by Crippen LogP contribution is 2.33. The number of hydrogen-bond acceptors (Lipinski definition) is 6. The van der Waals surface area contributed by atoms with E-state index in [4.69, 9.17) is 4.74 Å². The molecule has 3 aromatic rings.